The van der Waals surface area contributed by atoms with Crippen LogP contribution < -0.4 is 20.2 Å². The van der Waals surface area contributed by atoms with Gasteiger partial charge in [-0.05, 0) is 29.8 Å². The van der Waals surface area contributed by atoms with E-state index in [1.807, 2.05) is 36.4 Å². The van der Waals surface area contributed by atoms with Crippen LogP contribution in [-0.2, 0) is 20.7 Å². The van der Waals surface area contributed by atoms with E-state index in [4.69, 9.17) is 18.6 Å². The summed E-state index contributed by atoms with van der Waals surface area (Å²) in [5.74, 6) is -0.149. The van der Waals surface area contributed by atoms with Gasteiger partial charge < -0.3 is 23.9 Å². The molecule has 4 rings (SSSR count). The molecule has 0 saturated carbocycles. The number of carbonyl (C=O) groups is 2. The van der Waals surface area contributed by atoms with Crippen molar-refractivity contribution in [2.45, 2.75) is 12.5 Å². The summed E-state index contributed by atoms with van der Waals surface area (Å²) in [5, 5.41) is 2.94. The minimum absolute atomic E-state index is 0.0593. The molecule has 178 valence electrons. The van der Waals surface area contributed by atoms with Gasteiger partial charge in [0.15, 0.2) is 6.61 Å². The second-order valence-corrected chi connectivity index (χ2v) is 7.62. The zero-order valence-corrected chi connectivity index (χ0v) is 18.9. The number of hydrogen-bond acceptors (Lipinski definition) is 7. The summed E-state index contributed by atoms with van der Waals surface area (Å²) < 4.78 is 21.5. The summed E-state index contributed by atoms with van der Waals surface area (Å²) in [5.41, 5.74) is 0.829. The highest BCUT2D eigenvalue weighted by molar-refractivity contribution is 5.85. The average Bonchev–Trinajstić information content (AvgIpc) is 2.89. The van der Waals surface area contributed by atoms with Gasteiger partial charge in [0, 0.05) is 12.5 Å². The molecule has 0 aliphatic heterocycles. The maximum absolute atomic E-state index is 12.7. The van der Waals surface area contributed by atoms with Crippen molar-refractivity contribution < 1.29 is 28.2 Å². The zero-order valence-electron chi connectivity index (χ0n) is 18.9. The first kappa shape index (κ1) is 23.6. The van der Waals surface area contributed by atoms with Crippen LogP contribution in [0.25, 0.3) is 11.0 Å². The van der Waals surface area contributed by atoms with Crippen molar-refractivity contribution in [3.63, 3.8) is 0 Å². The fourth-order valence-electron chi connectivity index (χ4n) is 3.44. The van der Waals surface area contributed by atoms with Crippen LogP contribution in [0.15, 0.2) is 94.3 Å². The average molecular weight is 473 g/mol. The Hall–Kier alpha value is -4.59. The number of amides is 1. The Morgan fingerprint density at radius 2 is 1.66 bits per heavy atom. The van der Waals surface area contributed by atoms with E-state index in [0.29, 0.717) is 16.9 Å². The summed E-state index contributed by atoms with van der Waals surface area (Å²) >= 11 is 0. The highest BCUT2D eigenvalue weighted by atomic mass is 16.5. The van der Waals surface area contributed by atoms with Crippen LogP contribution in [0.5, 0.6) is 17.2 Å². The van der Waals surface area contributed by atoms with E-state index in [9.17, 15) is 14.4 Å². The lowest BCUT2D eigenvalue weighted by Gasteiger charge is -2.17. The third kappa shape index (κ3) is 6.05. The van der Waals surface area contributed by atoms with Gasteiger partial charge in [-0.1, -0.05) is 48.5 Å². The van der Waals surface area contributed by atoms with Crippen molar-refractivity contribution >= 4 is 22.8 Å². The van der Waals surface area contributed by atoms with Crippen LogP contribution in [-0.4, -0.2) is 31.6 Å². The largest absolute Gasteiger partial charge is 0.484 e. The van der Waals surface area contributed by atoms with Gasteiger partial charge in [0.25, 0.3) is 5.91 Å². The Labute approximate surface area is 201 Å². The quantitative estimate of drug-likeness (QED) is 0.368. The summed E-state index contributed by atoms with van der Waals surface area (Å²) in [6.45, 7) is -0.340. The number of benzene rings is 3. The highest BCUT2D eigenvalue weighted by Crippen LogP contribution is 2.24. The molecule has 0 aliphatic carbocycles. The van der Waals surface area contributed by atoms with E-state index in [-0.39, 0.29) is 29.8 Å². The van der Waals surface area contributed by atoms with Crippen molar-refractivity contribution in [1.29, 1.82) is 0 Å². The molecule has 1 atom stereocenters. The fraction of sp³-hybridized carbons (Fsp3) is 0.148. The van der Waals surface area contributed by atoms with E-state index in [0.717, 1.165) is 5.56 Å². The lowest BCUT2D eigenvalue weighted by molar-refractivity contribution is -0.145. The molecule has 1 N–H and O–H groups in total. The number of ether oxygens (including phenoxy) is 3. The molecule has 0 unspecified atom stereocenters. The van der Waals surface area contributed by atoms with E-state index in [2.05, 4.69) is 5.32 Å². The summed E-state index contributed by atoms with van der Waals surface area (Å²) in [6, 6.07) is 21.9. The number of carbonyl (C=O) groups excluding carboxylic acids is 2. The molecule has 0 fully saturated rings. The van der Waals surface area contributed by atoms with Crippen LogP contribution in [0.2, 0.25) is 0 Å². The highest BCUT2D eigenvalue weighted by Gasteiger charge is 2.22. The Balaban J connectivity index is 1.40. The number of hydrogen-bond donors (Lipinski definition) is 1. The smallest absolute Gasteiger partial charge is 0.328 e. The van der Waals surface area contributed by atoms with Crippen molar-refractivity contribution in [1.82, 2.24) is 5.32 Å². The monoisotopic (exact) mass is 473 g/mol. The third-order valence-electron chi connectivity index (χ3n) is 5.16. The van der Waals surface area contributed by atoms with Crippen LogP contribution in [0.4, 0.5) is 0 Å². The Morgan fingerprint density at radius 1 is 0.943 bits per heavy atom. The number of para-hydroxylation sites is 1. The van der Waals surface area contributed by atoms with Gasteiger partial charge in [-0.15, -0.1) is 0 Å². The van der Waals surface area contributed by atoms with Crippen molar-refractivity contribution in [2.75, 3.05) is 13.7 Å². The molecule has 35 heavy (non-hydrogen) atoms. The molecule has 1 aromatic heterocycles. The number of esters is 1. The minimum atomic E-state index is -0.851. The molecule has 0 saturated heterocycles. The topological polar surface area (TPSA) is 104 Å². The summed E-state index contributed by atoms with van der Waals surface area (Å²) in [4.78, 5) is 37.3. The van der Waals surface area contributed by atoms with Gasteiger partial charge in [0.1, 0.15) is 29.4 Å². The molecule has 1 amide bonds. The third-order valence-corrected chi connectivity index (χ3v) is 5.16. The predicted octanol–water partition coefficient (Wildman–Crippen LogP) is 3.86. The molecule has 3 aromatic carbocycles. The number of fused-ring (bicyclic) bond motifs is 1. The molecule has 8 nitrogen and oxygen atoms in total. The van der Waals surface area contributed by atoms with Crippen LogP contribution in [0.1, 0.15) is 5.56 Å². The normalized spacial score (nSPS) is 11.5. The second-order valence-electron chi connectivity index (χ2n) is 7.62. The standard InChI is InChI=1S/C27H23NO7/c1-32-27(31)22(14-18-8-4-2-5-9-18)28-25(29)17-33-20-12-13-21-23(15-20)34-16-24(26(21)30)35-19-10-6-3-7-11-19/h2-13,15-16,22H,14,17H2,1H3,(H,28,29)/t22-/m1/s1. The second kappa shape index (κ2) is 11.0. The number of nitrogens with one attached hydrogen (secondary N) is 1. The summed E-state index contributed by atoms with van der Waals surface area (Å²) in [6.07, 6.45) is 1.52. The lowest BCUT2D eigenvalue weighted by atomic mass is 10.1. The van der Waals surface area contributed by atoms with Crippen LogP contribution in [0, 0.1) is 0 Å². The Morgan fingerprint density at radius 3 is 2.37 bits per heavy atom. The van der Waals surface area contributed by atoms with Gasteiger partial charge in [-0.3, -0.25) is 9.59 Å². The van der Waals surface area contributed by atoms with Crippen LogP contribution >= 0.6 is 0 Å². The van der Waals surface area contributed by atoms with Crippen molar-refractivity contribution in [3.8, 4) is 17.2 Å². The maximum Gasteiger partial charge on any atom is 0.328 e. The van der Waals surface area contributed by atoms with E-state index in [1.165, 1.54) is 19.4 Å². The van der Waals surface area contributed by atoms with Gasteiger partial charge in [0.05, 0.1) is 12.5 Å². The minimum Gasteiger partial charge on any atom is -0.484 e. The number of rotatable bonds is 9. The molecule has 1 heterocycles. The maximum atomic E-state index is 12.7. The van der Waals surface area contributed by atoms with E-state index in [1.54, 1.807) is 36.4 Å². The first-order chi connectivity index (χ1) is 17.0. The molecule has 0 bridgehead atoms. The van der Waals surface area contributed by atoms with Crippen molar-refractivity contribution in [2.24, 2.45) is 0 Å². The SMILES string of the molecule is COC(=O)[C@@H](Cc1ccccc1)NC(=O)COc1ccc2c(=O)c(Oc3ccccc3)coc2c1. The van der Waals surface area contributed by atoms with E-state index < -0.39 is 17.9 Å². The predicted molar refractivity (Wildman–Crippen MR) is 129 cm³/mol. The van der Waals surface area contributed by atoms with Gasteiger partial charge in [0.2, 0.25) is 11.2 Å². The fourth-order valence-corrected chi connectivity index (χ4v) is 3.44. The Kier molecular flexibility index (Phi) is 7.42. The molecule has 0 radical (unpaired) electrons. The molecule has 0 aliphatic rings. The van der Waals surface area contributed by atoms with Gasteiger partial charge in [-0.2, -0.15) is 0 Å². The van der Waals surface area contributed by atoms with Crippen LogP contribution in [0.3, 0.4) is 0 Å². The molecule has 4 aromatic rings. The molecular formula is C27H23NO7. The molecular weight excluding hydrogens is 450 g/mol. The summed E-state index contributed by atoms with van der Waals surface area (Å²) in [7, 11) is 1.27. The molecule has 8 heteroatoms. The van der Waals surface area contributed by atoms with Crippen molar-refractivity contribution in [3.05, 3.63) is 101 Å². The first-order valence-corrected chi connectivity index (χ1v) is 10.9. The molecule has 0 spiro atoms. The number of methoxy groups -OCH3 is 1. The lowest BCUT2D eigenvalue weighted by Crippen LogP contribution is -2.44. The van der Waals surface area contributed by atoms with Gasteiger partial charge >= 0.3 is 5.97 Å². The first-order valence-electron chi connectivity index (χ1n) is 10.9. The Bertz CT molecular complexity index is 1370. The zero-order chi connectivity index (χ0) is 24.6. The van der Waals surface area contributed by atoms with E-state index >= 15 is 0 Å². The van der Waals surface area contributed by atoms with Gasteiger partial charge in [-0.25, -0.2) is 4.79 Å².